The fourth-order valence-corrected chi connectivity index (χ4v) is 2.48. The molecule has 0 aliphatic rings. The molecule has 2 rings (SSSR count). The van der Waals surface area contributed by atoms with Gasteiger partial charge >= 0.3 is 0 Å². The van der Waals surface area contributed by atoms with Gasteiger partial charge in [0, 0.05) is 17.6 Å². The van der Waals surface area contributed by atoms with E-state index in [-0.39, 0.29) is 12.2 Å². The summed E-state index contributed by atoms with van der Waals surface area (Å²) in [5.74, 6) is -0.489. The van der Waals surface area contributed by atoms with Gasteiger partial charge in [-0.1, -0.05) is 29.3 Å². The highest BCUT2D eigenvalue weighted by molar-refractivity contribution is 6.35. The lowest BCUT2D eigenvalue weighted by Crippen LogP contribution is -2.13. The first-order chi connectivity index (χ1) is 11.1. The van der Waals surface area contributed by atoms with Crippen LogP contribution in [0.5, 0.6) is 5.75 Å². The van der Waals surface area contributed by atoms with Crippen LogP contribution in [0.4, 0.5) is 0 Å². The van der Waals surface area contributed by atoms with Crippen LogP contribution in [0.25, 0.3) is 0 Å². The maximum absolute atomic E-state index is 12.1. The van der Waals surface area contributed by atoms with Crippen LogP contribution in [0.2, 0.25) is 10.0 Å². The maximum Gasteiger partial charge on any atom is 0.156 e. The summed E-state index contributed by atoms with van der Waals surface area (Å²) in [6.07, 6.45) is 2.29. The Morgan fingerprint density at radius 2 is 2.13 bits per heavy atom. The van der Waals surface area contributed by atoms with Crippen LogP contribution in [-0.2, 0) is 4.79 Å². The van der Waals surface area contributed by atoms with Crippen molar-refractivity contribution in [1.82, 2.24) is 4.98 Å². The van der Waals surface area contributed by atoms with Crippen molar-refractivity contribution in [3.8, 4) is 11.8 Å². The Bertz CT molecular complexity index is 714. The fraction of sp³-hybridized carbons (Fsp3) is 0.235. The van der Waals surface area contributed by atoms with Gasteiger partial charge in [-0.15, -0.1) is 0 Å². The third-order valence-corrected chi connectivity index (χ3v) is 3.68. The molecule has 0 N–H and O–H groups in total. The zero-order valence-electron chi connectivity index (χ0n) is 12.2. The number of halogens is 2. The Kier molecular flexibility index (Phi) is 6.40. The summed E-state index contributed by atoms with van der Waals surface area (Å²) in [5, 5.41) is 10.1. The largest absolute Gasteiger partial charge is 0.492 e. The molecule has 0 unspecified atom stereocenters. The van der Waals surface area contributed by atoms with Crippen molar-refractivity contribution in [3.63, 3.8) is 0 Å². The summed E-state index contributed by atoms with van der Waals surface area (Å²) in [6, 6.07) is 12.1. The molecule has 0 saturated heterocycles. The molecule has 1 aromatic carbocycles. The smallest absolute Gasteiger partial charge is 0.156 e. The Morgan fingerprint density at radius 1 is 1.30 bits per heavy atom. The van der Waals surface area contributed by atoms with Gasteiger partial charge in [0.1, 0.15) is 11.7 Å². The molecule has 0 bridgehead atoms. The quantitative estimate of drug-likeness (QED) is 0.694. The van der Waals surface area contributed by atoms with E-state index in [1.807, 2.05) is 6.07 Å². The predicted molar refractivity (Wildman–Crippen MR) is 88.8 cm³/mol. The second-order valence-electron chi connectivity index (χ2n) is 4.81. The maximum atomic E-state index is 12.1. The minimum atomic E-state index is -0.838. The standard InChI is InChI=1S/C17H14Cl2N2O2/c18-12-6-7-17(14(19)10-12)23-9-3-5-16(22)13(11-20)15-4-1-2-8-21-15/h1-2,4,6-8,10,13H,3,5,9H2/t13-/m1/s1. The first-order valence-electron chi connectivity index (χ1n) is 7.03. The second kappa shape index (κ2) is 8.52. The van der Waals surface area contributed by atoms with E-state index >= 15 is 0 Å². The number of nitriles is 1. The minimum Gasteiger partial charge on any atom is -0.492 e. The lowest BCUT2D eigenvalue weighted by molar-refractivity contribution is -0.119. The summed E-state index contributed by atoms with van der Waals surface area (Å²) in [6.45, 7) is 0.327. The number of hydrogen-bond donors (Lipinski definition) is 0. The lowest BCUT2D eigenvalue weighted by Gasteiger charge is -2.09. The van der Waals surface area contributed by atoms with Crippen LogP contribution in [0, 0.1) is 11.3 Å². The lowest BCUT2D eigenvalue weighted by atomic mass is 9.98. The van der Waals surface area contributed by atoms with E-state index in [0.717, 1.165) is 0 Å². The molecule has 1 heterocycles. The molecule has 0 saturated carbocycles. The van der Waals surface area contributed by atoms with Crippen molar-refractivity contribution in [3.05, 3.63) is 58.3 Å². The normalized spacial score (nSPS) is 11.5. The molecule has 0 aliphatic carbocycles. The number of carbonyl (C=O) groups is 1. The number of hydrogen-bond acceptors (Lipinski definition) is 4. The summed E-state index contributed by atoms with van der Waals surface area (Å²) in [7, 11) is 0. The number of ketones is 1. The Balaban J connectivity index is 1.84. The van der Waals surface area contributed by atoms with Crippen LogP contribution in [-0.4, -0.2) is 17.4 Å². The summed E-state index contributed by atoms with van der Waals surface area (Å²) >= 11 is 11.8. The number of pyridine rings is 1. The highest BCUT2D eigenvalue weighted by Gasteiger charge is 2.20. The van der Waals surface area contributed by atoms with Gasteiger partial charge in [-0.3, -0.25) is 9.78 Å². The molecule has 4 nitrogen and oxygen atoms in total. The zero-order valence-corrected chi connectivity index (χ0v) is 13.7. The van der Waals surface area contributed by atoms with Crippen molar-refractivity contribution in [1.29, 1.82) is 5.26 Å². The van der Waals surface area contributed by atoms with Crippen molar-refractivity contribution in [2.24, 2.45) is 0 Å². The molecule has 118 valence electrons. The number of carbonyl (C=O) groups excluding carboxylic acids is 1. The Morgan fingerprint density at radius 3 is 2.78 bits per heavy atom. The highest BCUT2D eigenvalue weighted by Crippen LogP contribution is 2.27. The number of rotatable bonds is 7. The van der Waals surface area contributed by atoms with Crippen LogP contribution in [0.3, 0.4) is 0 Å². The molecule has 0 amide bonds. The van der Waals surface area contributed by atoms with Crippen molar-refractivity contribution < 1.29 is 9.53 Å². The summed E-state index contributed by atoms with van der Waals surface area (Å²) < 4.78 is 5.52. The third-order valence-electron chi connectivity index (χ3n) is 3.15. The van der Waals surface area contributed by atoms with E-state index < -0.39 is 5.92 Å². The predicted octanol–water partition coefficient (Wildman–Crippen LogP) is 4.42. The molecule has 23 heavy (non-hydrogen) atoms. The number of nitrogens with zero attached hydrogens (tertiary/aromatic N) is 2. The van der Waals surface area contributed by atoms with Crippen LogP contribution in [0.1, 0.15) is 24.5 Å². The van der Waals surface area contributed by atoms with Gasteiger partial charge in [0.2, 0.25) is 0 Å². The van der Waals surface area contributed by atoms with E-state index in [1.54, 1.807) is 42.6 Å². The van der Waals surface area contributed by atoms with Crippen molar-refractivity contribution in [2.75, 3.05) is 6.61 Å². The van der Waals surface area contributed by atoms with Gasteiger partial charge in [0.05, 0.1) is 23.4 Å². The Hall–Kier alpha value is -2.09. The average Bonchev–Trinajstić information content (AvgIpc) is 2.55. The summed E-state index contributed by atoms with van der Waals surface area (Å²) in [4.78, 5) is 16.2. The third kappa shape index (κ3) is 4.95. The summed E-state index contributed by atoms with van der Waals surface area (Å²) in [5.41, 5.74) is 0.474. The molecule has 1 aromatic heterocycles. The van der Waals surface area contributed by atoms with Gasteiger partial charge in [-0.2, -0.15) is 5.26 Å². The van der Waals surface area contributed by atoms with Crippen molar-refractivity contribution >= 4 is 29.0 Å². The number of benzene rings is 1. The molecule has 0 spiro atoms. The van der Waals surface area contributed by atoms with E-state index in [1.165, 1.54) is 0 Å². The molecule has 0 aliphatic heterocycles. The van der Waals surface area contributed by atoms with E-state index in [2.05, 4.69) is 4.98 Å². The van der Waals surface area contributed by atoms with Crippen LogP contribution in [0.15, 0.2) is 42.6 Å². The minimum absolute atomic E-state index is 0.169. The topological polar surface area (TPSA) is 63.0 Å². The SMILES string of the molecule is N#C[C@@H](C(=O)CCCOc1ccc(Cl)cc1Cl)c1ccccn1. The monoisotopic (exact) mass is 348 g/mol. The van der Waals surface area contributed by atoms with Gasteiger partial charge in [-0.25, -0.2) is 0 Å². The molecule has 2 aromatic rings. The van der Waals surface area contributed by atoms with Crippen LogP contribution >= 0.6 is 23.2 Å². The number of aromatic nitrogens is 1. The second-order valence-corrected chi connectivity index (χ2v) is 5.65. The van der Waals surface area contributed by atoms with Crippen LogP contribution < -0.4 is 4.74 Å². The van der Waals surface area contributed by atoms with E-state index in [0.29, 0.717) is 34.5 Å². The number of ether oxygens (including phenoxy) is 1. The van der Waals surface area contributed by atoms with Gasteiger partial charge in [-0.05, 0) is 36.8 Å². The van der Waals surface area contributed by atoms with E-state index in [4.69, 9.17) is 27.9 Å². The molecule has 0 fully saturated rings. The highest BCUT2D eigenvalue weighted by atomic mass is 35.5. The molecule has 6 heteroatoms. The molecule has 1 atom stereocenters. The first-order valence-corrected chi connectivity index (χ1v) is 7.78. The zero-order chi connectivity index (χ0) is 16.7. The van der Waals surface area contributed by atoms with Gasteiger partial charge in [0.25, 0.3) is 0 Å². The Labute approximate surface area is 144 Å². The van der Waals surface area contributed by atoms with Gasteiger partial charge < -0.3 is 4.74 Å². The van der Waals surface area contributed by atoms with Crippen molar-refractivity contribution in [2.45, 2.75) is 18.8 Å². The van der Waals surface area contributed by atoms with E-state index in [9.17, 15) is 10.1 Å². The fourth-order valence-electron chi connectivity index (χ4n) is 2.01. The molecule has 0 radical (unpaired) electrons. The molecular formula is C17H14Cl2N2O2. The average molecular weight is 349 g/mol. The first kappa shape index (κ1) is 17.3. The van der Waals surface area contributed by atoms with Gasteiger partial charge in [0.15, 0.2) is 5.78 Å². The molecular weight excluding hydrogens is 335 g/mol. The number of Topliss-reactive ketones (excluding diaryl/α,β-unsaturated/α-hetero) is 1.